The van der Waals surface area contributed by atoms with Gasteiger partial charge >= 0.3 is 5.97 Å². The number of H-pyrrole nitrogens is 1. The molecule has 0 aliphatic carbocycles. The first-order valence-electron chi connectivity index (χ1n) is 3.65. The molecular weight excluding hydrogens is 196 g/mol. The van der Waals surface area contributed by atoms with Gasteiger partial charge in [0.05, 0.1) is 13.7 Å². The van der Waals surface area contributed by atoms with Gasteiger partial charge in [0.25, 0.3) is 5.88 Å². The van der Waals surface area contributed by atoms with Crippen LogP contribution in [-0.2, 0) is 4.74 Å². The molecule has 0 saturated heterocycles. The molecule has 0 unspecified atom stereocenters. The molecule has 0 bridgehead atoms. The highest BCUT2D eigenvalue weighted by Crippen LogP contribution is 2.24. The van der Waals surface area contributed by atoms with E-state index in [-0.39, 0.29) is 23.2 Å². The summed E-state index contributed by atoms with van der Waals surface area (Å²) in [7, 11) is 1.41. The highest BCUT2D eigenvalue weighted by molar-refractivity contribution is 6.34. The van der Waals surface area contributed by atoms with Gasteiger partial charge in [-0.25, -0.2) is 4.79 Å². The molecule has 1 aromatic rings. The number of carbonyl (C=O) groups is 1. The number of rotatable bonds is 3. The molecule has 0 amide bonds. The second-order valence-electron chi connectivity index (χ2n) is 2.14. The lowest BCUT2D eigenvalue weighted by Gasteiger charge is -1.98. The number of methoxy groups -OCH3 is 1. The summed E-state index contributed by atoms with van der Waals surface area (Å²) >= 11 is 5.74. The molecule has 1 rings (SSSR count). The zero-order chi connectivity index (χ0) is 9.84. The summed E-state index contributed by atoms with van der Waals surface area (Å²) in [5.41, 5.74) is 0.111. The number of aromatic amines is 1. The monoisotopic (exact) mass is 204 g/mol. The molecule has 0 radical (unpaired) electrons. The molecule has 0 saturated carbocycles. The van der Waals surface area contributed by atoms with Gasteiger partial charge in [-0.2, -0.15) is 0 Å². The van der Waals surface area contributed by atoms with Crippen LogP contribution < -0.4 is 4.74 Å². The first-order chi connectivity index (χ1) is 6.20. The number of nitrogens with one attached hydrogen (secondary N) is 1. The molecule has 6 heteroatoms. The molecule has 5 nitrogen and oxygen atoms in total. The summed E-state index contributed by atoms with van der Waals surface area (Å²) < 4.78 is 9.49. The fourth-order valence-corrected chi connectivity index (χ4v) is 1.02. The summed E-state index contributed by atoms with van der Waals surface area (Å²) in [6.07, 6.45) is 0. The maximum atomic E-state index is 11.2. The van der Waals surface area contributed by atoms with Crippen LogP contribution in [-0.4, -0.2) is 29.9 Å². The Hall–Kier alpha value is -1.23. The molecule has 72 valence electrons. The second kappa shape index (κ2) is 4.13. The molecule has 0 spiro atoms. The van der Waals surface area contributed by atoms with Crippen LogP contribution >= 0.6 is 11.6 Å². The highest BCUT2D eigenvalue weighted by Gasteiger charge is 2.18. The van der Waals surface area contributed by atoms with Crippen molar-refractivity contribution in [2.24, 2.45) is 0 Å². The predicted molar refractivity (Wildman–Crippen MR) is 46.1 cm³/mol. The first kappa shape index (κ1) is 9.85. The van der Waals surface area contributed by atoms with Crippen molar-refractivity contribution in [3.05, 3.63) is 10.7 Å². The van der Waals surface area contributed by atoms with Gasteiger partial charge in [0, 0.05) is 0 Å². The number of esters is 1. The van der Waals surface area contributed by atoms with Crippen molar-refractivity contribution in [3.63, 3.8) is 0 Å². The third-order valence-electron chi connectivity index (χ3n) is 1.35. The minimum Gasteiger partial charge on any atom is -0.479 e. The third kappa shape index (κ3) is 1.92. The summed E-state index contributed by atoms with van der Waals surface area (Å²) in [4.78, 5) is 11.2. The average molecular weight is 205 g/mol. The lowest BCUT2D eigenvalue weighted by atomic mass is 10.4. The topological polar surface area (TPSA) is 64.2 Å². The maximum Gasteiger partial charge on any atom is 0.358 e. The van der Waals surface area contributed by atoms with E-state index in [1.807, 2.05) is 0 Å². The second-order valence-corrected chi connectivity index (χ2v) is 2.52. The number of aromatic nitrogens is 2. The lowest BCUT2D eigenvalue weighted by Crippen LogP contribution is -2.05. The number of nitrogens with zero attached hydrogens (tertiary/aromatic N) is 1. The van der Waals surface area contributed by atoms with Crippen molar-refractivity contribution >= 4 is 17.6 Å². The standard InChI is InChI=1S/C7H9ClN2O3/c1-3-13-7(11)5-4(8)6(12-2)10-9-5/h3H2,1-2H3,(H,9,10). The number of carbonyl (C=O) groups excluding carboxylic acids is 1. The molecule has 0 aromatic carbocycles. The largest absolute Gasteiger partial charge is 0.479 e. The average Bonchev–Trinajstić information content (AvgIpc) is 2.47. The van der Waals surface area contributed by atoms with Crippen LogP contribution in [0.5, 0.6) is 5.88 Å². The fourth-order valence-electron chi connectivity index (χ4n) is 0.786. The smallest absolute Gasteiger partial charge is 0.358 e. The molecule has 0 aliphatic rings. The summed E-state index contributed by atoms with van der Waals surface area (Å²) in [6.45, 7) is 2.00. The highest BCUT2D eigenvalue weighted by atomic mass is 35.5. The van der Waals surface area contributed by atoms with Crippen LogP contribution in [0.2, 0.25) is 5.02 Å². The van der Waals surface area contributed by atoms with Crippen LogP contribution in [0.3, 0.4) is 0 Å². The van der Waals surface area contributed by atoms with E-state index in [9.17, 15) is 4.79 Å². The van der Waals surface area contributed by atoms with Crippen molar-refractivity contribution < 1.29 is 14.3 Å². The van der Waals surface area contributed by atoms with Crippen molar-refractivity contribution in [2.75, 3.05) is 13.7 Å². The van der Waals surface area contributed by atoms with E-state index in [0.717, 1.165) is 0 Å². The Bertz CT molecular complexity index is 311. The van der Waals surface area contributed by atoms with E-state index in [1.165, 1.54) is 7.11 Å². The molecule has 1 N–H and O–H groups in total. The minimum absolute atomic E-state index is 0.111. The van der Waals surface area contributed by atoms with Gasteiger partial charge in [-0.3, -0.25) is 5.10 Å². The van der Waals surface area contributed by atoms with Crippen LogP contribution in [0.4, 0.5) is 0 Å². The van der Waals surface area contributed by atoms with Crippen LogP contribution in [0.25, 0.3) is 0 Å². The fraction of sp³-hybridized carbons (Fsp3) is 0.429. The molecule has 0 aliphatic heterocycles. The molecule has 0 atom stereocenters. The van der Waals surface area contributed by atoms with Gasteiger partial charge in [-0.15, -0.1) is 5.10 Å². The van der Waals surface area contributed by atoms with Crippen molar-refractivity contribution in [3.8, 4) is 5.88 Å². The minimum atomic E-state index is -0.539. The van der Waals surface area contributed by atoms with Crippen LogP contribution in [0.15, 0.2) is 0 Å². The summed E-state index contributed by atoms with van der Waals surface area (Å²) in [5.74, 6) is -0.354. The van der Waals surface area contributed by atoms with E-state index < -0.39 is 5.97 Å². The van der Waals surface area contributed by atoms with E-state index in [0.29, 0.717) is 0 Å². The van der Waals surface area contributed by atoms with E-state index in [2.05, 4.69) is 10.2 Å². The summed E-state index contributed by atoms with van der Waals surface area (Å²) in [6, 6.07) is 0. The van der Waals surface area contributed by atoms with Gasteiger partial charge in [-0.1, -0.05) is 11.6 Å². The lowest BCUT2D eigenvalue weighted by molar-refractivity contribution is 0.0519. The molecule has 1 aromatic heterocycles. The Balaban J connectivity index is 2.89. The molecule has 0 fully saturated rings. The Kier molecular flexibility index (Phi) is 3.13. The Morgan fingerprint density at radius 1 is 1.69 bits per heavy atom. The van der Waals surface area contributed by atoms with Crippen molar-refractivity contribution in [2.45, 2.75) is 6.92 Å². The third-order valence-corrected chi connectivity index (χ3v) is 1.70. The SMILES string of the molecule is CCOC(=O)c1[nH]nc(OC)c1Cl. The van der Waals surface area contributed by atoms with Gasteiger partial charge in [0.1, 0.15) is 5.02 Å². The van der Waals surface area contributed by atoms with Gasteiger partial charge in [0.15, 0.2) is 5.69 Å². The zero-order valence-electron chi connectivity index (χ0n) is 7.26. The van der Waals surface area contributed by atoms with Crippen molar-refractivity contribution in [1.29, 1.82) is 0 Å². The number of hydrogen-bond acceptors (Lipinski definition) is 4. The molecular formula is C7H9ClN2O3. The van der Waals surface area contributed by atoms with E-state index in [4.69, 9.17) is 21.1 Å². The van der Waals surface area contributed by atoms with E-state index in [1.54, 1.807) is 6.92 Å². The number of ether oxygens (including phenoxy) is 2. The number of hydrogen-bond donors (Lipinski definition) is 1. The van der Waals surface area contributed by atoms with E-state index >= 15 is 0 Å². The number of halogens is 1. The summed E-state index contributed by atoms with van der Waals surface area (Å²) in [5, 5.41) is 6.23. The normalized spacial score (nSPS) is 9.77. The maximum absolute atomic E-state index is 11.2. The quantitative estimate of drug-likeness (QED) is 0.753. The van der Waals surface area contributed by atoms with Crippen molar-refractivity contribution in [1.82, 2.24) is 10.2 Å². The molecule has 1 heterocycles. The zero-order valence-corrected chi connectivity index (χ0v) is 8.01. The van der Waals surface area contributed by atoms with Gasteiger partial charge in [-0.05, 0) is 6.92 Å². The first-order valence-corrected chi connectivity index (χ1v) is 4.03. The Labute approximate surface area is 80.0 Å². The van der Waals surface area contributed by atoms with Gasteiger partial charge in [0.2, 0.25) is 0 Å². The Morgan fingerprint density at radius 2 is 2.38 bits per heavy atom. The molecule has 13 heavy (non-hydrogen) atoms. The van der Waals surface area contributed by atoms with Crippen LogP contribution in [0.1, 0.15) is 17.4 Å². The van der Waals surface area contributed by atoms with Gasteiger partial charge < -0.3 is 9.47 Å². The predicted octanol–water partition coefficient (Wildman–Crippen LogP) is 1.25. The Morgan fingerprint density at radius 3 is 2.85 bits per heavy atom. The van der Waals surface area contributed by atoms with Crippen LogP contribution in [0, 0.1) is 0 Å².